The summed E-state index contributed by atoms with van der Waals surface area (Å²) in [5.74, 6) is 0.464. The number of ether oxygens (including phenoxy) is 4. The number of rotatable bonds is 9. The van der Waals surface area contributed by atoms with Crippen LogP contribution in [0, 0.1) is 0 Å². The average molecular weight is 413 g/mol. The molecule has 2 rings (SSSR count). The summed E-state index contributed by atoms with van der Waals surface area (Å²) in [6.07, 6.45) is 2.80. The highest BCUT2D eigenvalue weighted by Crippen LogP contribution is 2.38. The first-order chi connectivity index (χ1) is 14.4. The fourth-order valence-electron chi connectivity index (χ4n) is 2.93. The quantitative estimate of drug-likeness (QED) is 0.461. The van der Waals surface area contributed by atoms with Gasteiger partial charge < -0.3 is 23.8 Å². The van der Waals surface area contributed by atoms with E-state index in [0.717, 1.165) is 5.69 Å². The van der Waals surface area contributed by atoms with Gasteiger partial charge in [0.1, 0.15) is 0 Å². The minimum absolute atomic E-state index is 0.0756. The summed E-state index contributed by atoms with van der Waals surface area (Å²) >= 11 is 0. The highest BCUT2D eigenvalue weighted by molar-refractivity contribution is 5.97. The lowest BCUT2D eigenvalue weighted by atomic mass is 10.1. The van der Waals surface area contributed by atoms with Crippen LogP contribution < -0.4 is 19.1 Å². The lowest BCUT2D eigenvalue weighted by molar-refractivity contribution is -0.143. The van der Waals surface area contributed by atoms with E-state index in [1.165, 1.54) is 27.4 Å². The molecule has 30 heavy (non-hydrogen) atoms. The molecule has 0 saturated carbocycles. The number of nitrogens with zero attached hydrogens (tertiary/aromatic N) is 1. The lowest BCUT2D eigenvalue weighted by Crippen LogP contribution is -2.39. The molecule has 2 aromatic carbocycles. The molecule has 0 aliphatic rings. The van der Waals surface area contributed by atoms with Crippen LogP contribution in [0.3, 0.4) is 0 Å². The van der Waals surface area contributed by atoms with Gasteiger partial charge in [-0.25, -0.2) is 4.79 Å². The normalized spacial score (nSPS) is 10.7. The molecular weight excluding hydrogens is 386 g/mol. The highest BCUT2D eigenvalue weighted by atomic mass is 16.5. The summed E-state index contributed by atoms with van der Waals surface area (Å²) in [5.41, 5.74) is 1.40. The van der Waals surface area contributed by atoms with Gasteiger partial charge in [0.25, 0.3) is 5.91 Å². The van der Waals surface area contributed by atoms with Crippen molar-refractivity contribution in [2.24, 2.45) is 0 Å². The summed E-state index contributed by atoms with van der Waals surface area (Å²) in [4.78, 5) is 26.3. The zero-order valence-electron chi connectivity index (χ0n) is 17.9. The Morgan fingerprint density at radius 2 is 1.57 bits per heavy atom. The number of esters is 1. The van der Waals surface area contributed by atoms with E-state index in [4.69, 9.17) is 18.9 Å². The molecule has 1 amide bonds. The van der Waals surface area contributed by atoms with E-state index in [2.05, 4.69) is 0 Å². The Bertz CT molecular complexity index is 867. The van der Waals surface area contributed by atoms with Crippen molar-refractivity contribution in [3.05, 3.63) is 54.1 Å². The average Bonchev–Trinajstić information content (AvgIpc) is 2.75. The molecule has 0 fully saturated rings. The molecule has 2 aromatic rings. The predicted octanol–water partition coefficient (Wildman–Crippen LogP) is 3.71. The second kappa shape index (κ2) is 10.9. The molecule has 160 valence electrons. The van der Waals surface area contributed by atoms with Gasteiger partial charge in [-0.3, -0.25) is 4.79 Å². The highest BCUT2D eigenvalue weighted by Gasteiger charge is 2.20. The van der Waals surface area contributed by atoms with E-state index in [9.17, 15) is 9.59 Å². The molecule has 0 radical (unpaired) electrons. The zero-order valence-corrected chi connectivity index (χ0v) is 17.9. The van der Waals surface area contributed by atoms with E-state index in [1.807, 2.05) is 44.2 Å². The summed E-state index contributed by atoms with van der Waals surface area (Å²) in [6, 6.07) is 12.6. The van der Waals surface area contributed by atoms with Crippen LogP contribution >= 0.6 is 0 Å². The maximum absolute atomic E-state index is 12.6. The molecule has 0 aliphatic carbocycles. The van der Waals surface area contributed by atoms with Gasteiger partial charge in [-0.2, -0.15) is 0 Å². The fraction of sp³-hybridized carbons (Fsp3) is 0.304. The Hall–Kier alpha value is -3.48. The third-order valence-corrected chi connectivity index (χ3v) is 4.26. The number of benzene rings is 2. The summed E-state index contributed by atoms with van der Waals surface area (Å²) < 4.78 is 21.0. The van der Waals surface area contributed by atoms with Gasteiger partial charge in [0.15, 0.2) is 18.1 Å². The van der Waals surface area contributed by atoms with Crippen molar-refractivity contribution in [2.45, 2.75) is 19.9 Å². The lowest BCUT2D eigenvalue weighted by Gasteiger charge is -2.26. The van der Waals surface area contributed by atoms with Gasteiger partial charge in [0, 0.05) is 17.8 Å². The van der Waals surface area contributed by atoms with Crippen molar-refractivity contribution < 1.29 is 28.5 Å². The number of para-hydroxylation sites is 1. The van der Waals surface area contributed by atoms with Gasteiger partial charge in [0.05, 0.1) is 21.3 Å². The molecular formula is C23H27NO6. The van der Waals surface area contributed by atoms with Crippen molar-refractivity contribution in [3.63, 3.8) is 0 Å². The molecule has 0 atom stereocenters. The Labute approximate surface area is 176 Å². The monoisotopic (exact) mass is 413 g/mol. The van der Waals surface area contributed by atoms with Crippen LogP contribution in [-0.4, -0.2) is 45.9 Å². The first kappa shape index (κ1) is 22.8. The molecule has 0 aliphatic heterocycles. The molecule has 0 saturated heterocycles. The number of hydrogen-bond donors (Lipinski definition) is 0. The number of amides is 1. The first-order valence-electron chi connectivity index (χ1n) is 9.43. The van der Waals surface area contributed by atoms with E-state index in [1.54, 1.807) is 23.1 Å². The minimum Gasteiger partial charge on any atom is -0.493 e. The number of anilines is 1. The van der Waals surface area contributed by atoms with Crippen molar-refractivity contribution in [2.75, 3.05) is 32.8 Å². The second-order valence-electron chi connectivity index (χ2n) is 6.59. The Morgan fingerprint density at radius 3 is 2.07 bits per heavy atom. The molecule has 0 spiro atoms. The number of hydrogen-bond acceptors (Lipinski definition) is 6. The summed E-state index contributed by atoms with van der Waals surface area (Å²) in [6.45, 7) is 3.44. The van der Waals surface area contributed by atoms with Crippen LogP contribution in [0.1, 0.15) is 19.4 Å². The Kier molecular flexibility index (Phi) is 8.29. The van der Waals surface area contributed by atoms with Gasteiger partial charge in [0.2, 0.25) is 5.75 Å². The van der Waals surface area contributed by atoms with Crippen LogP contribution in [0.25, 0.3) is 6.08 Å². The van der Waals surface area contributed by atoms with Gasteiger partial charge in [-0.15, -0.1) is 0 Å². The maximum atomic E-state index is 12.6. The fourth-order valence-corrected chi connectivity index (χ4v) is 2.93. The van der Waals surface area contributed by atoms with Crippen LogP contribution in [-0.2, 0) is 14.3 Å². The van der Waals surface area contributed by atoms with Crippen LogP contribution in [0.2, 0.25) is 0 Å². The third kappa shape index (κ3) is 5.76. The molecule has 0 unspecified atom stereocenters. The number of carbonyl (C=O) groups excluding carboxylic acids is 2. The van der Waals surface area contributed by atoms with Crippen molar-refractivity contribution >= 4 is 23.6 Å². The van der Waals surface area contributed by atoms with Crippen molar-refractivity contribution in [1.29, 1.82) is 0 Å². The van der Waals surface area contributed by atoms with Crippen molar-refractivity contribution in [1.82, 2.24) is 0 Å². The van der Waals surface area contributed by atoms with Gasteiger partial charge in [-0.1, -0.05) is 18.2 Å². The largest absolute Gasteiger partial charge is 0.493 e. The van der Waals surface area contributed by atoms with E-state index >= 15 is 0 Å². The molecule has 7 heteroatoms. The smallest absolute Gasteiger partial charge is 0.331 e. The molecule has 0 aromatic heterocycles. The standard InChI is InChI=1S/C23H27NO6/c1-16(2)24(18-9-7-6-8-10-18)21(25)15-30-22(26)12-11-17-13-19(27-3)23(29-5)20(14-17)28-4/h6-14,16H,15H2,1-5H3/b12-11+. The molecule has 0 heterocycles. The zero-order chi connectivity index (χ0) is 22.1. The molecule has 0 N–H and O–H groups in total. The number of methoxy groups -OCH3 is 3. The van der Waals surface area contributed by atoms with E-state index in [-0.39, 0.29) is 18.6 Å². The van der Waals surface area contributed by atoms with E-state index in [0.29, 0.717) is 22.8 Å². The van der Waals surface area contributed by atoms with Crippen molar-refractivity contribution in [3.8, 4) is 17.2 Å². The predicted molar refractivity (Wildman–Crippen MR) is 115 cm³/mol. The van der Waals surface area contributed by atoms with E-state index < -0.39 is 5.97 Å². The van der Waals surface area contributed by atoms with Crippen LogP contribution in [0.5, 0.6) is 17.2 Å². The van der Waals surface area contributed by atoms with Crippen LogP contribution in [0.15, 0.2) is 48.5 Å². The maximum Gasteiger partial charge on any atom is 0.331 e. The summed E-state index contributed by atoms with van der Waals surface area (Å²) in [7, 11) is 4.54. The first-order valence-corrected chi connectivity index (χ1v) is 9.43. The third-order valence-electron chi connectivity index (χ3n) is 4.26. The minimum atomic E-state index is -0.631. The van der Waals surface area contributed by atoms with Crippen LogP contribution in [0.4, 0.5) is 5.69 Å². The SMILES string of the molecule is COc1cc(/C=C/C(=O)OCC(=O)N(c2ccccc2)C(C)C)cc(OC)c1OC. The molecule has 0 bridgehead atoms. The van der Waals surface area contributed by atoms with Gasteiger partial charge in [-0.05, 0) is 49.8 Å². The molecule has 7 nitrogen and oxygen atoms in total. The van der Waals surface area contributed by atoms with Gasteiger partial charge >= 0.3 is 5.97 Å². The Morgan fingerprint density at radius 1 is 0.967 bits per heavy atom. The topological polar surface area (TPSA) is 74.3 Å². The second-order valence-corrected chi connectivity index (χ2v) is 6.59. The number of carbonyl (C=O) groups is 2. The summed E-state index contributed by atoms with van der Waals surface area (Å²) in [5, 5.41) is 0. The Balaban J connectivity index is 2.05.